The van der Waals surface area contributed by atoms with Gasteiger partial charge in [0.15, 0.2) is 0 Å². The second-order valence-electron chi connectivity index (χ2n) is 3.01. The zero-order valence-corrected chi connectivity index (χ0v) is 9.26. The summed E-state index contributed by atoms with van der Waals surface area (Å²) in [4.78, 5) is 13.0. The van der Waals surface area contributed by atoms with E-state index in [1.54, 1.807) is 11.8 Å². The van der Waals surface area contributed by atoms with Gasteiger partial charge in [0.05, 0.1) is 7.11 Å². The van der Waals surface area contributed by atoms with Gasteiger partial charge in [0.25, 0.3) is 0 Å². The van der Waals surface area contributed by atoms with Crippen molar-refractivity contribution in [2.45, 2.75) is 6.04 Å². The maximum Gasteiger partial charge on any atom is 0.323 e. The molecule has 0 bridgehead atoms. The van der Waals surface area contributed by atoms with Crippen molar-refractivity contribution in [1.29, 1.82) is 0 Å². The fourth-order valence-corrected chi connectivity index (χ4v) is 1.73. The zero-order valence-electron chi connectivity index (χ0n) is 8.45. The van der Waals surface area contributed by atoms with Crippen molar-refractivity contribution in [3.05, 3.63) is 0 Å². The van der Waals surface area contributed by atoms with E-state index >= 15 is 0 Å². The average molecular weight is 206 g/mol. The molecular formula is C8H18N2O2S. The Bertz CT molecular complexity index is 153. The first-order valence-electron chi connectivity index (χ1n) is 4.13. The largest absolute Gasteiger partial charge is 0.468 e. The SMILES string of the molecule is COC(=O)C(N)CSCCN(C)C. The van der Waals surface area contributed by atoms with E-state index in [2.05, 4.69) is 9.64 Å². The monoisotopic (exact) mass is 206 g/mol. The highest BCUT2D eigenvalue weighted by atomic mass is 32.2. The van der Waals surface area contributed by atoms with Crippen molar-refractivity contribution in [2.24, 2.45) is 5.73 Å². The Morgan fingerprint density at radius 1 is 1.62 bits per heavy atom. The van der Waals surface area contributed by atoms with Gasteiger partial charge in [0, 0.05) is 18.1 Å². The second kappa shape index (κ2) is 7.17. The number of esters is 1. The average Bonchev–Trinajstić information content (AvgIpc) is 2.10. The summed E-state index contributed by atoms with van der Waals surface area (Å²) in [6.45, 7) is 0.999. The first-order chi connectivity index (χ1) is 6.07. The van der Waals surface area contributed by atoms with Crippen LogP contribution in [0.5, 0.6) is 0 Å². The van der Waals surface area contributed by atoms with Crippen LogP contribution in [0.3, 0.4) is 0 Å². The highest BCUT2D eigenvalue weighted by Gasteiger charge is 2.12. The van der Waals surface area contributed by atoms with Gasteiger partial charge in [0.2, 0.25) is 0 Å². The van der Waals surface area contributed by atoms with Gasteiger partial charge in [0.1, 0.15) is 6.04 Å². The number of carbonyl (C=O) groups is 1. The third-order valence-corrected chi connectivity index (χ3v) is 2.55. The Hall–Kier alpha value is -0.260. The molecule has 0 aromatic rings. The van der Waals surface area contributed by atoms with Crippen LogP contribution >= 0.6 is 11.8 Å². The van der Waals surface area contributed by atoms with Crippen LogP contribution in [-0.2, 0) is 9.53 Å². The Labute approximate surface area is 83.8 Å². The summed E-state index contributed by atoms with van der Waals surface area (Å²) in [6, 6.07) is -0.489. The predicted molar refractivity (Wildman–Crippen MR) is 55.9 cm³/mol. The third-order valence-electron chi connectivity index (χ3n) is 1.48. The summed E-state index contributed by atoms with van der Waals surface area (Å²) in [6.07, 6.45) is 0. The molecule has 0 aromatic carbocycles. The quantitative estimate of drug-likeness (QED) is 0.481. The van der Waals surface area contributed by atoms with Crippen LogP contribution in [0.1, 0.15) is 0 Å². The lowest BCUT2D eigenvalue weighted by Crippen LogP contribution is -2.34. The molecule has 13 heavy (non-hydrogen) atoms. The lowest BCUT2D eigenvalue weighted by Gasteiger charge is -2.11. The molecule has 0 aliphatic carbocycles. The lowest BCUT2D eigenvalue weighted by atomic mass is 10.4. The maximum atomic E-state index is 10.9. The molecule has 0 aliphatic rings. The zero-order chi connectivity index (χ0) is 10.3. The number of methoxy groups -OCH3 is 1. The molecule has 0 aromatic heterocycles. The van der Waals surface area contributed by atoms with Crippen LogP contribution in [0.15, 0.2) is 0 Å². The van der Waals surface area contributed by atoms with Gasteiger partial charge >= 0.3 is 5.97 Å². The maximum absolute atomic E-state index is 10.9. The fourth-order valence-electron chi connectivity index (χ4n) is 0.677. The molecule has 4 nitrogen and oxygen atoms in total. The van der Waals surface area contributed by atoms with Crippen LogP contribution in [0, 0.1) is 0 Å². The number of nitrogens with two attached hydrogens (primary N) is 1. The van der Waals surface area contributed by atoms with Crippen LogP contribution in [0.2, 0.25) is 0 Å². The number of thioether (sulfide) groups is 1. The molecule has 2 N–H and O–H groups in total. The van der Waals surface area contributed by atoms with Crippen LogP contribution in [0.25, 0.3) is 0 Å². The van der Waals surface area contributed by atoms with Gasteiger partial charge in [-0.2, -0.15) is 11.8 Å². The number of rotatable bonds is 6. The van der Waals surface area contributed by atoms with E-state index in [0.29, 0.717) is 5.75 Å². The van der Waals surface area contributed by atoms with Crippen molar-refractivity contribution in [3.63, 3.8) is 0 Å². The molecule has 0 fully saturated rings. The summed E-state index contributed by atoms with van der Waals surface area (Å²) < 4.78 is 4.50. The van der Waals surface area contributed by atoms with E-state index in [9.17, 15) is 4.79 Å². The summed E-state index contributed by atoms with van der Waals surface area (Å²) in [5.74, 6) is 1.27. The first-order valence-corrected chi connectivity index (χ1v) is 5.29. The van der Waals surface area contributed by atoms with Crippen molar-refractivity contribution in [1.82, 2.24) is 4.90 Å². The van der Waals surface area contributed by atoms with E-state index in [4.69, 9.17) is 5.73 Å². The number of hydrogen-bond acceptors (Lipinski definition) is 5. The van der Waals surface area contributed by atoms with E-state index in [0.717, 1.165) is 12.3 Å². The minimum Gasteiger partial charge on any atom is -0.468 e. The lowest BCUT2D eigenvalue weighted by molar-refractivity contribution is -0.141. The third kappa shape index (κ3) is 6.86. The molecule has 0 amide bonds. The Morgan fingerprint density at radius 3 is 2.69 bits per heavy atom. The van der Waals surface area contributed by atoms with Gasteiger partial charge in [-0.05, 0) is 14.1 Å². The highest BCUT2D eigenvalue weighted by Crippen LogP contribution is 2.02. The van der Waals surface area contributed by atoms with E-state index in [1.807, 2.05) is 14.1 Å². The molecule has 78 valence electrons. The molecule has 0 saturated carbocycles. The first kappa shape index (κ1) is 12.7. The number of ether oxygens (including phenoxy) is 1. The van der Waals surface area contributed by atoms with Crippen molar-refractivity contribution < 1.29 is 9.53 Å². The van der Waals surface area contributed by atoms with E-state index in [-0.39, 0.29) is 5.97 Å². The Morgan fingerprint density at radius 2 is 2.23 bits per heavy atom. The summed E-state index contributed by atoms with van der Waals surface area (Å²) >= 11 is 1.67. The minimum atomic E-state index is -0.489. The van der Waals surface area contributed by atoms with E-state index in [1.165, 1.54) is 7.11 Å². The fraction of sp³-hybridized carbons (Fsp3) is 0.875. The minimum absolute atomic E-state index is 0.336. The smallest absolute Gasteiger partial charge is 0.323 e. The topological polar surface area (TPSA) is 55.6 Å². The molecule has 1 unspecified atom stereocenters. The second-order valence-corrected chi connectivity index (χ2v) is 4.16. The van der Waals surface area contributed by atoms with Crippen LogP contribution in [-0.4, -0.2) is 56.2 Å². The molecule has 5 heteroatoms. The normalized spacial score (nSPS) is 13.0. The molecule has 0 radical (unpaired) electrons. The van der Waals surface area contributed by atoms with Crippen LogP contribution in [0.4, 0.5) is 0 Å². The summed E-state index contributed by atoms with van der Waals surface area (Å²) in [5.41, 5.74) is 5.54. The van der Waals surface area contributed by atoms with E-state index < -0.39 is 6.04 Å². The number of nitrogens with zero attached hydrogens (tertiary/aromatic N) is 1. The van der Waals surface area contributed by atoms with Gasteiger partial charge in [-0.25, -0.2) is 0 Å². The highest BCUT2D eigenvalue weighted by molar-refractivity contribution is 7.99. The van der Waals surface area contributed by atoms with Crippen molar-refractivity contribution in [3.8, 4) is 0 Å². The predicted octanol–water partition coefficient (Wildman–Crippen LogP) is -0.218. The van der Waals surface area contributed by atoms with Gasteiger partial charge in [-0.1, -0.05) is 0 Å². The van der Waals surface area contributed by atoms with Crippen LogP contribution < -0.4 is 5.73 Å². The molecule has 0 spiro atoms. The molecule has 0 heterocycles. The standard InChI is InChI=1S/C8H18N2O2S/c1-10(2)4-5-13-6-7(9)8(11)12-3/h7H,4-6,9H2,1-3H3. The number of hydrogen-bond donors (Lipinski definition) is 1. The van der Waals surface area contributed by atoms with Gasteiger partial charge in [-0.15, -0.1) is 0 Å². The summed E-state index contributed by atoms with van der Waals surface area (Å²) in [7, 11) is 5.38. The Balaban J connectivity index is 3.37. The number of carbonyl (C=O) groups excluding carboxylic acids is 1. The van der Waals surface area contributed by atoms with Crippen molar-refractivity contribution >= 4 is 17.7 Å². The molecular weight excluding hydrogens is 188 g/mol. The van der Waals surface area contributed by atoms with Gasteiger partial charge < -0.3 is 15.4 Å². The summed E-state index contributed by atoms with van der Waals surface area (Å²) in [5, 5.41) is 0. The molecule has 1 atom stereocenters. The van der Waals surface area contributed by atoms with Crippen molar-refractivity contribution in [2.75, 3.05) is 39.3 Å². The Kier molecular flexibility index (Phi) is 7.03. The molecule has 0 saturated heterocycles. The molecule has 0 aliphatic heterocycles. The molecule has 0 rings (SSSR count). The van der Waals surface area contributed by atoms with Gasteiger partial charge in [-0.3, -0.25) is 4.79 Å².